The second-order valence-corrected chi connectivity index (χ2v) is 29.6. The molecule has 3 N–H and O–H groups in total. The summed E-state index contributed by atoms with van der Waals surface area (Å²) in [6.07, 6.45) is 50.0. The lowest BCUT2D eigenvalue weighted by Crippen LogP contribution is -2.30. The molecule has 540 valence electrons. The highest BCUT2D eigenvalue weighted by molar-refractivity contribution is 7.47. The van der Waals surface area contributed by atoms with Crippen molar-refractivity contribution in [3.8, 4) is 0 Å². The second kappa shape index (κ2) is 64.1. The van der Waals surface area contributed by atoms with Crippen LogP contribution in [0.1, 0.15) is 369 Å². The summed E-state index contributed by atoms with van der Waals surface area (Å²) in [6.45, 7) is 9.50. The first-order chi connectivity index (χ1) is 43.9. The van der Waals surface area contributed by atoms with Crippen molar-refractivity contribution in [1.29, 1.82) is 0 Å². The predicted molar refractivity (Wildman–Crippen MR) is 368 cm³/mol. The summed E-state index contributed by atoms with van der Waals surface area (Å²) >= 11 is 0. The molecule has 0 heterocycles. The number of hydrogen-bond donors (Lipinski definition) is 3. The van der Waals surface area contributed by atoms with Crippen LogP contribution in [0, 0.1) is 11.8 Å². The van der Waals surface area contributed by atoms with Crippen LogP contribution in [0.3, 0.4) is 0 Å². The third-order valence-corrected chi connectivity index (χ3v) is 19.0. The van der Waals surface area contributed by atoms with Gasteiger partial charge in [0.15, 0.2) is 12.2 Å². The Balaban J connectivity index is 5.23. The number of hydrogen-bond acceptors (Lipinski definition) is 15. The molecule has 91 heavy (non-hydrogen) atoms. The molecule has 0 rings (SSSR count). The van der Waals surface area contributed by atoms with Crippen LogP contribution in [0.4, 0.5) is 0 Å². The number of esters is 4. The van der Waals surface area contributed by atoms with E-state index in [1.807, 2.05) is 0 Å². The third kappa shape index (κ3) is 65.1. The first-order valence-electron chi connectivity index (χ1n) is 37.5. The molecule has 0 bridgehead atoms. The molecule has 0 aromatic carbocycles. The number of aliphatic hydroxyl groups excluding tert-OH is 1. The van der Waals surface area contributed by atoms with E-state index in [1.165, 1.54) is 180 Å². The van der Waals surface area contributed by atoms with E-state index in [2.05, 4.69) is 41.5 Å². The van der Waals surface area contributed by atoms with Gasteiger partial charge in [0.1, 0.15) is 19.3 Å². The minimum atomic E-state index is -4.95. The van der Waals surface area contributed by atoms with Crippen LogP contribution >= 0.6 is 15.6 Å². The van der Waals surface area contributed by atoms with E-state index in [-0.39, 0.29) is 25.7 Å². The Morgan fingerprint density at radius 3 is 0.835 bits per heavy atom. The Morgan fingerprint density at radius 1 is 0.319 bits per heavy atom. The summed E-state index contributed by atoms with van der Waals surface area (Å²) in [5.74, 6) is -0.647. The Kier molecular flexibility index (Phi) is 62.7. The van der Waals surface area contributed by atoms with E-state index in [4.69, 9.17) is 37.0 Å². The molecule has 0 saturated heterocycles. The minimum absolute atomic E-state index is 0.106. The van der Waals surface area contributed by atoms with Gasteiger partial charge in [0.05, 0.1) is 26.4 Å². The number of carbonyl (C=O) groups is 4. The van der Waals surface area contributed by atoms with Crippen molar-refractivity contribution in [1.82, 2.24) is 0 Å². The van der Waals surface area contributed by atoms with E-state index in [0.29, 0.717) is 25.7 Å². The smallest absolute Gasteiger partial charge is 0.462 e. The average molecular weight is 1340 g/mol. The van der Waals surface area contributed by atoms with Gasteiger partial charge in [-0.25, -0.2) is 9.13 Å². The molecule has 6 atom stereocenters. The van der Waals surface area contributed by atoms with Crippen LogP contribution in [0.2, 0.25) is 0 Å². The Hall–Kier alpha value is -1.94. The molecular formula is C72H140O17P2. The van der Waals surface area contributed by atoms with E-state index in [1.54, 1.807) is 0 Å². The molecular weight excluding hydrogens is 1200 g/mol. The first kappa shape index (κ1) is 89.1. The van der Waals surface area contributed by atoms with Crippen LogP contribution in [0.15, 0.2) is 0 Å². The van der Waals surface area contributed by atoms with Crippen molar-refractivity contribution in [2.45, 2.75) is 387 Å². The molecule has 0 saturated carbocycles. The van der Waals surface area contributed by atoms with Crippen molar-refractivity contribution < 1.29 is 80.2 Å². The summed E-state index contributed by atoms with van der Waals surface area (Å²) in [4.78, 5) is 72.6. The van der Waals surface area contributed by atoms with Crippen LogP contribution in [0.25, 0.3) is 0 Å². The van der Waals surface area contributed by atoms with E-state index >= 15 is 0 Å². The van der Waals surface area contributed by atoms with Crippen LogP contribution in [0.5, 0.6) is 0 Å². The summed E-state index contributed by atoms with van der Waals surface area (Å²) in [5.41, 5.74) is 0. The van der Waals surface area contributed by atoms with Crippen molar-refractivity contribution in [2.24, 2.45) is 11.8 Å². The highest BCUT2D eigenvalue weighted by Gasteiger charge is 2.30. The summed E-state index contributed by atoms with van der Waals surface area (Å²) < 4.78 is 68.3. The number of carbonyl (C=O) groups excluding carboxylic acids is 4. The molecule has 0 aliphatic rings. The average Bonchev–Trinajstić information content (AvgIpc) is 3.05. The zero-order valence-electron chi connectivity index (χ0n) is 59.1. The van der Waals surface area contributed by atoms with Gasteiger partial charge in [-0.3, -0.25) is 37.3 Å². The summed E-state index contributed by atoms with van der Waals surface area (Å²) in [6, 6.07) is 0. The SMILES string of the molecule is CCCCCCCCCCCCCCCCCCCCC(=O)O[C@H](COC(=O)CCCCCCCCCCCC(C)C)COP(=O)(O)OC[C@@H](O)COP(=O)(O)OC[C@@H](COC(=O)CCCCCCCCC(C)CC)OC(=O)CCCCCCCCCCCCC. The molecule has 0 fully saturated rings. The Bertz CT molecular complexity index is 1770. The number of ether oxygens (including phenoxy) is 4. The van der Waals surface area contributed by atoms with E-state index in [9.17, 15) is 43.2 Å². The third-order valence-electron chi connectivity index (χ3n) is 17.1. The zero-order valence-corrected chi connectivity index (χ0v) is 60.9. The maximum atomic E-state index is 13.0. The van der Waals surface area contributed by atoms with Gasteiger partial charge in [0.25, 0.3) is 0 Å². The zero-order chi connectivity index (χ0) is 67.2. The summed E-state index contributed by atoms with van der Waals surface area (Å²) in [7, 11) is -9.90. The van der Waals surface area contributed by atoms with Gasteiger partial charge in [-0.2, -0.15) is 0 Å². The highest BCUT2D eigenvalue weighted by atomic mass is 31.2. The fourth-order valence-corrected chi connectivity index (χ4v) is 12.5. The van der Waals surface area contributed by atoms with Crippen LogP contribution < -0.4 is 0 Å². The number of rotatable bonds is 71. The fourth-order valence-electron chi connectivity index (χ4n) is 10.9. The van der Waals surface area contributed by atoms with Gasteiger partial charge in [-0.05, 0) is 37.5 Å². The van der Waals surface area contributed by atoms with Gasteiger partial charge in [-0.15, -0.1) is 0 Å². The largest absolute Gasteiger partial charge is 0.472 e. The molecule has 0 aliphatic heterocycles. The molecule has 17 nitrogen and oxygen atoms in total. The molecule has 19 heteroatoms. The lowest BCUT2D eigenvalue weighted by molar-refractivity contribution is -0.161. The monoisotopic (exact) mass is 1340 g/mol. The maximum Gasteiger partial charge on any atom is 0.472 e. The normalized spacial score (nSPS) is 14.4. The lowest BCUT2D eigenvalue weighted by Gasteiger charge is -2.21. The first-order valence-corrected chi connectivity index (χ1v) is 40.5. The number of phosphoric ester groups is 2. The molecule has 0 aromatic rings. The molecule has 3 unspecified atom stereocenters. The number of unbranched alkanes of at least 4 members (excludes halogenated alkanes) is 40. The van der Waals surface area contributed by atoms with Crippen molar-refractivity contribution in [2.75, 3.05) is 39.6 Å². The van der Waals surface area contributed by atoms with E-state index < -0.39 is 97.5 Å². The van der Waals surface area contributed by atoms with Gasteiger partial charge < -0.3 is 33.8 Å². The van der Waals surface area contributed by atoms with Crippen molar-refractivity contribution in [3.05, 3.63) is 0 Å². The Labute approximate surface area is 556 Å². The number of phosphoric acid groups is 2. The predicted octanol–water partition coefficient (Wildman–Crippen LogP) is 20.8. The van der Waals surface area contributed by atoms with Crippen LogP contribution in [-0.4, -0.2) is 96.7 Å². The fraction of sp³-hybridized carbons (Fsp3) is 0.944. The van der Waals surface area contributed by atoms with Gasteiger partial charge in [-0.1, -0.05) is 318 Å². The lowest BCUT2D eigenvalue weighted by atomic mass is 10.00. The molecule has 0 amide bonds. The van der Waals surface area contributed by atoms with Crippen molar-refractivity contribution >= 4 is 39.5 Å². The quantitative estimate of drug-likeness (QED) is 0.0222. The molecule has 0 spiro atoms. The topological polar surface area (TPSA) is 237 Å². The highest BCUT2D eigenvalue weighted by Crippen LogP contribution is 2.45. The molecule has 0 radical (unpaired) electrons. The molecule has 0 aromatic heterocycles. The van der Waals surface area contributed by atoms with Gasteiger partial charge in [0.2, 0.25) is 0 Å². The molecule has 0 aliphatic carbocycles. The maximum absolute atomic E-state index is 13.0. The standard InChI is InChI=1S/C72H140O17P2/c1-7-10-12-14-16-18-20-21-22-23-24-25-26-28-32-37-45-51-57-72(77)88-67(60-82-69(74)54-48-42-35-33-29-30-34-40-46-52-64(4)5)62-86-90(78,79)84-58-66(73)59-85-91(80,81)87-63-68(61-83-70(75)55-49-43-39-38-41-47-53-65(6)9-3)89-71(76)56-50-44-36-31-27-19-17-15-13-11-8-2/h64-68,73H,7-63H2,1-6H3,(H,78,79)(H,80,81)/t65?,66-,67-,68-/m1/s1. The van der Waals surface area contributed by atoms with Crippen molar-refractivity contribution in [3.63, 3.8) is 0 Å². The Morgan fingerprint density at radius 2 is 0.560 bits per heavy atom. The minimum Gasteiger partial charge on any atom is -0.462 e. The van der Waals surface area contributed by atoms with Crippen LogP contribution in [-0.2, 0) is 65.4 Å². The van der Waals surface area contributed by atoms with Gasteiger partial charge >= 0.3 is 39.5 Å². The summed E-state index contributed by atoms with van der Waals surface area (Å²) in [5, 5.41) is 10.6. The second-order valence-electron chi connectivity index (χ2n) is 26.7. The number of aliphatic hydroxyl groups is 1. The van der Waals surface area contributed by atoms with Gasteiger partial charge in [0, 0.05) is 25.7 Å². The van der Waals surface area contributed by atoms with E-state index in [0.717, 1.165) is 108 Å².